The third kappa shape index (κ3) is 7.94. The fraction of sp³-hybridized carbons (Fsp3) is 0.367. The third-order valence-corrected chi connectivity index (χ3v) is 5.98. The van der Waals surface area contributed by atoms with Gasteiger partial charge in [-0.1, -0.05) is 30.8 Å². The molecule has 0 radical (unpaired) electrons. The summed E-state index contributed by atoms with van der Waals surface area (Å²) in [5, 5.41) is 0. The van der Waals surface area contributed by atoms with Gasteiger partial charge >= 0.3 is 17.9 Å². The van der Waals surface area contributed by atoms with Gasteiger partial charge < -0.3 is 14.2 Å². The Morgan fingerprint density at radius 2 is 1.42 bits per heavy atom. The Morgan fingerprint density at radius 3 is 1.97 bits per heavy atom. The summed E-state index contributed by atoms with van der Waals surface area (Å²) in [6, 6.07) is 14.5. The van der Waals surface area contributed by atoms with E-state index in [9.17, 15) is 14.4 Å². The van der Waals surface area contributed by atoms with E-state index in [1.54, 1.807) is 70.2 Å². The van der Waals surface area contributed by atoms with Gasteiger partial charge in [0.1, 0.15) is 17.6 Å². The lowest BCUT2D eigenvalue weighted by molar-refractivity contribution is -0.146. The number of carbonyl (C=O) groups is 3. The maximum atomic E-state index is 12.2. The van der Waals surface area contributed by atoms with E-state index in [4.69, 9.17) is 14.2 Å². The molecule has 0 aromatic heterocycles. The summed E-state index contributed by atoms with van der Waals surface area (Å²) in [7, 11) is 0. The predicted octanol–water partition coefficient (Wildman–Crippen LogP) is 6.40. The highest BCUT2D eigenvalue weighted by Crippen LogP contribution is 2.35. The van der Waals surface area contributed by atoms with Crippen LogP contribution >= 0.6 is 0 Å². The number of ether oxygens (including phenoxy) is 3. The highest BCUT2D eigenvalue weighted by Gasteiger charge is 2.25. The van der Waals surface area contributed by atoms with Gasteiger partial charge in [-0.15, -0.1) is 0 Å². The molecule has 0 aliphatic heterocycles. The van der Waals surface area contributed by atoms with Crippen LogP contribution in [0, 0.1) is 5.41 Å². The molecular weight excluding hydrogens is 456 g/mol. The summed E-state index contributed by atoms with van der Waals surface area (Å²) in [6.45, 7) is 10.7. The Balaban J connectivity index is 1.47. The molecule has 6 heteroatoms. The van der Waals surface area contributed by atoms with Crippen molar-refractivity contribution in [2.45, 2.75) is 65.4 Å². The van der Waals surface area contributed by atoms with Crippen molar-refractivity contribution in [1.29, 1.82) is 0 Å². The van der Waals surface area contributed by atoms with Gasteiger partial charge in [-0.3, -0.25) is 4.79 Å². The number of hydrogen-bond donors (Lipinski definition) is 0. The second-order valence-corrected chi connectivity index (χ2v) is 10.2. The van der Waals surface area contributed by atoms with Crippen LogP contribution in [0.5, 0.6) is 11.5 Å². The van der Waals surface area contributed by atoms with Crippen LogP contribution in [0.1, 0.15) is 70.4 Å². The monoisotopic (exact) mass is 490 g/mol. The zero-order valence-corrected chi connectivity index (χ0v) is 21.4. The fourth-order valence-electron chi connectivity index (χ4n) is 3.80. The maximum Gasteiger partial charge on any atom is 0.336 e. The largest absolute Gasteiger partial charge is 0.459 e. The molecule has 0 unspecified atom stereocenters. The van der Waals surface area contributed by atoms with Crippen LogP contribution in [0.4, 0.5) is 0 Å². The summed E-state index contributed by atoms with van der Waals surface area (Å²) in [5.74, 6) is 0.207. The Labute approximate surface area is 212 Å². The molecule has 1 saturated carbocycles. The van der Waals surface area contributed by atoms with Gasteiger partial charge in [0.25, 0.3) is 0 Å². The molecule has 0 spiro atoms. The lowest BCUT2D eigenvalue weighted by Gasteiger charge is -2.28. The van der Waals surface area contributed by atoms with Crippen LogP contribution in [-0.2, 0) is 19.1 Å². The summed E-state index contributed by atoms with van der Waals surface area (Å²) in [4.78, 5) is 35.9. The van der Waals surface area contributed by atoms with Crippen molar-refractivity contribution < 1.29 is 28.6 Å². The zero-order valence-electron chi connectivity index (χ0n) is 21.4. The first-order chi connectivity index (χ1) is 17.0. The van der Waals surface area contributed by atoms with Crippen LogP contribution < -0.4 is 9.47 Å². The minimum Gasteiger partial charge on any atom is -0.459 e. The minimum absolute atomic E-state index is 0.0489. The number of benzene rings is 2. The van der Waals surface area contributed by atoms with E-state index >= 15 is 0 Å². The quantitative estimate of drug-likeness (QED) is 0.254. The van der Waals surface area contributed by atoms with E-state index in [0.717, 1.165) is 31.2 Å². The van der Waals surface area contributed by atoms with Crippen molar-refractivity contribution in [3.05, 3.63) is 77.9 Å². The van der Waals surface area contributed by atoms with Crippen LogP contribution in [0.15, 0.2) is 66.8 Å². The lowest BCUT2D eigenvalue weighted by atomic mass is 9.83. The van der Waals surface area contributed by atoms with E-state index in [0.29, 0.717) is 23.0 Å². The summed E-state index contributed by atoms with van der Waals surface area (Å²) in [5.41, 5.74) is 1.81. The van der Waals surface area contributed by atoms with Gasteiger partial charge in [0.05, 0.1) is 5.41 Å². The first-order valence-electron chi connectivity index (χ1n) is 12.2. The molecule has 0 amide bonds. The molecule has 0 N–H and O–H groups in total. The average molecular weight is 491 g/mol. The first-order valence-corrected chi connectivity index (χ1v) is 12.2. The Kier molecular flexibility index (Phi) is 8.86. The lowest BCUT2D eigenvalue weighted by Crippen LogP contribution is -2.25. The van der Waals surface area contributed by atoms with Gasteiger partial charge in [-0.25, -0.2) is 9.59 Å². The molecule has 6 nitrogen and oxygen atoms in total. The zero-order chi connectivity index (χ0) is 26.3. The fourth-order valence-corrected chi connectivity index (χ4v) is 3.80. The number of esters is 3. The molecule has 1 aliphatic rings. The number of carbonyl (C=O) groups excluding carboxylic acids is 3. The maximum absolute atomic E-state index is 12.2. The van der Waals surface area contributed by atoms with Gasteiger partial charge in [0.2, 0.25) is 0 Å². The van der Waals surface area contributed by atoms with Crippen molar-refractivity contribution in [1.82, 2.24) is 0 Å². The molecule has 0 heterocycles. The molecule has 190 valence electrons. The molecule has 36 heavy (non-hydrogen) atoms. The molecule has 1 aliphatic carbocycles. The normalized spacial score (nSPS) is 17.9. The molecular formula is C30H34O6. The SMILES string of the molecule is C=C(C)C(=O)OC1CCC(c2ccc(OC(=O)/C=C/c3ccc(OC(=O)C(C)(C)C)cc3)cc2)CC1. The molecule has 2 aromatic carbocycles. The second kappa shape index (κ2) is 11.8. The summed E-state index contributed by atoms with van der Waals surface area (Å²) >= 11 is 0. The molecule has 3 rings (SSSR count). The predicted molar refractivity (Wildman–Crippen MR) is 139 cm³/mol. The molecule has 0 bridgehead atoms. The highest BCUT2D eigenvalue weighted by molar-refractivity contribution is 5.89. The van der Waals surface area contributed by atoms with Gasteiger partial charge in [0, 0.05) is 11.6 Å². The van der Waals surface area contributed by atoms with Crippen LogP contribution in [0.3, 0.4) is 0 Å². The average Bonchev–Trinajstić information content (AvgIpc) is 2.84. The van der Waals surface area contributed by atoms with Crippen LogP contribution in [0.25, 0.3) is 6.08 Å². The van der Waals surface area contributed by atoms with Crippen LogP contribution in [0.2, 0.25) is 0 Å². The third-order valence-electron chi connectivity index (χ3n) is 5.98. The number of hydrogen-bond acceptors (Lipinski definition) is 6. The Hall–Kier alpha value is -3.67. The van der Waals surface area contributed by atoms with E-state index in [1.807, 2.05) is 12.1 Å². The summed E-state index contributed by atoms with van der Waals surface area (Å²) in [6.07, 6.45) is 6.47. The minimum atomic E-state index is -0.582. The van der Waals surface area contributed by atoms with E-state index < -0.39 is 11.4 Å². The Morgan fingerprint density at radius 1 is 0.861 bits per heavy atom. The van der Waals surface area contributed by atoms with Gasteiger partial charge in [-0.2, -0.15) is 0 Å². The molecule has 1 fully saturated rings. The van der Waals surface area contributed by atoms with E-state index in [1.165, 1.54) is 11.6 Å². The molecule has 0 saturated heterocycles. The number of rotatable bonds is 7. The highest BCUT2D eigenvalue weighted by atomic mass is 16.5. The van der Waals surface area contributed by atoms with Crippen molar-refractivity contribution in [2.75, 3.05) is 0 Å². The topological polar surface area (TPSA) is 78.9 Å². The molecule has 0 atom stereocenters. The van der Waals surface area contributed by atoms with Crippen molar-refractivity contribution >= 4 is 24.0 Å². The standard InChI is InChI=1S/C30H34O6/c1-20(2)28(32)35-25-17-11-23(12-18-25)22-9-15-24(16-10-22)34-27(31)19-8-21-6-13-26(14-7-21)36-29(33)30(3,4)5/h6-10,13-16,19,23,25H,1,11-12,17-18H2,2-5H3/b19-8+. The molecule has 2 aromatic rings. The second-order valence-electron chi connectivity index (χ2n) is 10.2. The Bertz CT molecular complexity index is 1110. The van der Waals surface area contributed by atoms with Crippen molar-refractivity contribution in [3.63, 3.8) is 0 Å². The first kappa shape index (κ1) is 26.9. The van der Waals surface area contributed by atoms with Crippen molar-refractivity contribution in [3.8, 4) is 11.5 Å². The van der Waals surface area contributed by atoms with Gasteiger partial charge in [0.15, 0.2) is 0 Å². The van der Waals surface area contributed by atoms with Crippen LogP contribution in [-0.4, -0.2) is 24.0 Å². The van der Waals surface area contributed by atoms with Gasteiger partial charge in [-0.05, 0) is 101 Å². The van der Waals surface area contributed by atoms with E-state index in [-0.39, 0.29) is 18.0 Å². The van der Waals surface area contributed by atoms with E-state index in [2.05, 4.69) is 6.58 Å². The van der Waals surface area contributed by atoms with Crippen molar-refractivity contribution in [2.24, 2.45) is 5.41 Å². The summed E-state index contributed by atoms with van der Waals surface area (Å²) < 4.78 is 16.2. The smallest absolute Gasteiger partial charge is 0.336 e.